The molecule has 0 saturated carbocycles. The van der Waals surface area contributed by atoms with Crippen LogP contribution in [0.3, 0.4) is 0 Å². The van der Waals surface area contributed by atoms with Crippen molar-refractivity contribution in [3.8, 4) is 12.3 Å². The Morgan fingerprint density at radius 3 is 2.46 bits per heavy atom. The van der Waals surface area contributed by atoms with Gasteiger partial charge in [0.05, 0.1) is 0 Å². The summed E-state index contributed by atoms with van der Waals surface area (Å²) in [5.41, 5.74) is 0. The van der Waals surface area contributed by atoms with Gasteiger partial charge in [0.15, 0.2) is 0 Å². The van der Waals surface area contributed by atoms with Crippen LogP contribution >= 0.6 is 0 Å². The minimum Gasteiger partial charge on any atom is -0.772 e. The predicted molar refractivity (Wildman–Crippen MR) is 57.0 cm³/mol. The molecule has 0 bridgehead atoms. The number of hydrogen-bond acceptors (Lipinski definition) is 2. The summed E-state index contributed by atoms with van der Waals surface area (Å²) < 4.78 is 19.1. The van der Waals surface area contributed by atoms with E-state index in [1.54, 1.807) is 0 Å². The second-order valence-electron chi connectivity index (χ2n) is 2.42. The highest BCUT2D eigenvalue weighted by Crippen LogP contribution is 1.95. The molecule has 0 radical (unpaired) electrons. The summed E-state index contributed by atoms with van der Waals surface area (Å²) in [7, 11) is 0. The van der Waals surface area contributed by atoms with Gasteiger partial charge in [-0.3, -0.25) is 4.21 Å². The SMILES string of the molecule is C#CCCCCC.C=CCS(=O)[O-]. The van der Waals surface area contributed by atoms with Gasteiger partial charge in [0.25, 0.3) is 0 Å². The molecule has 0 amide bonds. The third-order valence-electron chi connectivity index (χ3n) is 1.18. The highest BCUT2D eigenvalue weighted by atomic mass is 32.2. The fourth-order valence-electron chi connectivity index (χ4n) is 0.573. The molecule has 0 rings (SSSR count). The smallest absolute Gasteiger partial charge is 0.0279 e. The summed E-state index contributed by atoms with van der Waals surface area (Å²) in [5, 5.41) is 0. The molecule has 76 valence electrons. The first-order valence-corrected chi connectivity index (χ1v) is 5.53. The van der Waals surface area contributed by atoms with Crippen molar-refractivity contribution < 1.29 is 8.76 Å². The van der Waals surface area contributed by atoms with Gasteiger partial charge in [0.1, 0.15) is 0 Å². The van der Waals surface area contributed by atoms with Crippen molar-refractivity contribution in [3.63, 3.8) is 0 Å². The Bertz CT molecular complexity index is 170. The Morgan fingerprint density at radius 2 is 2.23 bits per heavy atom. The van der Waals surface area contributed by atoms with E-state index in [2.05, 4.69) is 19.4 Å². The average molecular weight is 201 g/mol. The van der Waals surface area contributed by atoms with E-state index in [1.165, 1.54) is 25.3 Å². The van der Waals surface area contributed by atoms with Gasteiger partial charge in [-0.1, -0.05) is 36.9 Å². The number of rotatable bonds is 5. The predicted octanol–water partition coefficient (Wildman–Crippen LogP) is 2.25. The van der Waals surface area contributed by atoms with Crippen LogP contribution in [0.5, 0.6) is 0 Å². The molecular formula is C10H17O2S-. The summed E-state index contributed by atoms with van der Waals surface area (Å²) in [6.45, 7) is 5.38. The van der Waals surface area contributed by atoms with Gasteiger partial charge in [0.2, 0.25) is 0 Å². The van der Waals surface area contributed by atoms with Crippen molar-refractivity contribution in [3.05, 3.63) is 12.7 Å². The van der Waals surface area contributed by atoms with Gasteiger partial charge in [0, 0.05) is 12.2 Å². The van der Waals surface area contributed by atoms with Gasteiger partial charge in [-0.05, 0) is 6.42 Å². The van der Waals surface area contributed by atoms with E-state index in [-0.39, 0.29) is 5.75 Å². The Labute approximate surface area is 83.7 Å². The quantitative estimate of drug-likeness (QED) is 0.296. The van der Waals surface area contributed by atoms with Crippen LogP contribution in [0.4, 0.5) is 0 Å². The number of terminal acetylenes is 1. The maximum atomic E-state index is 9.53. The standard InChI is InChI=1S/C7H12.C3H6O2S/c1-3-5-7-6-4-2;1-2-3-6(4)5/h1H,4-7H2,2H3;2H,1,3H2,(H,4,5)/p-1. The first kappa shape index (κ1) is 14.9. The third-order valence-corrected chi connectivity index (χ3v) is 1.69. The molecule has 0 aromatic rings. The summed E-state index contributed by atoms with van der Waals surface area (Å²) in [5.74, 6) is 2.66. The van der Waals surface area contributed by atoms with Crippen LogP contribution in [0, 0.1) is 12.3 Å². The first-order valence-electron chi connectivity index (χ1n) is 4.29. The summed E-state index contributed by atoms with van der Waals surface area (Å²) in [4.78, 5) is 0. The molecule has 13 heavy (non-hydrogen) atoms. The van der Waals surface area contributed by atoms with E-state index < -0.39 is 11.1 Å². The van der Waals surface area contributed by atoms with Gasteiger partial charge < -0.3 is 4.55 Å². The lowest BCUT2D eigenvalue weighted by Crippen LogP contribution is -1.87. The second-order valence-corrected chi connectivity index (χ2v) is 3.36. The molecule has 0 aromatic heterocycles. The number of hydrogen-bond donors (Lipinski definition) is 0. The minimum absolute atomic E-state index is 0.0556. The summed E-state index contributed by atoms with van der Waals surface area (Å²) in [6, 6.07) is 0. The minimum atomic E-state index is -1.93. The lowest BCUT2D eigenvalue weighted by Gasteiger charge is -1.94. The lowest BCUT2D eigenvalue weighted by molar-refractivity contribution is 0.540. The van der Waals surface area contributed by atoms with Crippen molar-refractivity contribution in [2.75, 3.05) is 5.75 Å². The highest BCUT2D eigenvalue weighted by Gasteiger charge is 1.77. The molecule has 0 aliphatic carbocycles. The van der Waals surface area contributed by atoms with E-state index in [0.29, 0.717) is 0 Å². The molecule has 0 aliphatic rings. The van der Waals surface area contributed by atoms with Gasteiger partial charge >= 0.3 is 0 Å². The van der Waals surface area contributed by atoms with E-state index in [9.17, 15) is 8.76 Å². The van der Waals surface area contributed by atoms with Crippen LogP contribution in [-0.2, 0) is 11.1 Å². The van der Waals surface area contributed by atoms with Crippen molar-refractivity contribution in [2.45, 2.75) is 32.6 Å². The molecule has 0 spiro atoms. The van der Waals surface area contributed by atoms with Crippen LogP contribution in [0.15, 0.2) is 12.7 Å². The Kier molecular flexibility index (Phi) is 16.0. The van der Waals surface area contributed by atoms with Gasteiger partial charge in [-0.25, -0.2) is 0 Å². The summed E-state index contributed by atoms with van der Waals surface area (Å²) in [6.07, 6.45) is 11.1. The normalized spacial score (nSPS) is 10.5. The molecule has 0 heterocycles. The maximum absolute atomic E-state index is 9.53. The van der Waals surface area contributed by atoms with Crippen molar-refractivity contribution >= 4 is 11.1 Å². The van der Waals surface area contributed by atoms with Crippen LogP contribution < -0.4 is 0 Å². The molecule has 1 atom stereocenters. The van der Waals surface area contributed by atoms with Crippen molar-refractivity contribution in [1.29, 1.82) is 0 Å². The van der Waals surface area contributed by atoms with Crippen LogP contribution in [0.25, 0.3) is 0 Å². The monoisotopic (exact) mass is 201 g/mol. The zero-order valence-corrected chi connectivity index (χ0v) is 8.94. The molecule has 2 nitrogen and oxygen atoms in total. The molecule has 1 unspecified atom stereocenters. The molecule has 0 N–H and O–H groups in total. The van der Waals surface area contributed by atoms with Crippen LogP contribution in [-0.4, -0.2) is 14.5 Å². The molecule has 3 heteroatoms. The molecule has 0 fully saturated rings. The van der Waals surface area contributed by atoms with Crippen LogP contribution in [0.2, 0.25) is 0 Å². The first-order chi connectivity index (χ1) is 6.18. The van der Waals surface area contributed by atoms with E-state index in [0.717, 1.165) is 6.42 Å². The topological polar surface area (TPSA) is 40.1 Å². The van der Waals surface area contributed by atoms with Gasteiger partial charge in [-0.2, -0.15) is 0 Å². The van der Waals surface area contributed by atoms with Crippen molar-refractivity contribution in [1.82, 2.24) is 0 Å². The average Bonchev–Trinajstić information content (AvgIpc) is 2.06. The number of unbranched alkanes of at least 4 members (excludes halogenated alkanes) is 3. The maximum Gasteiger partial charge on any atom is 0.0279 e. The molecule has 0 aromatic carbocycles. The zero-order valence-electron chi connectivity index (χ0n) is 8.12. The molecule has 0 saturated heterocycles. The largest absolute Gasteiger partial charge is 0.772 e. The Hall–Kier alpha value is -0.590. The zero-order chi connectivity index (χ0) is 10.5. The van der Waals surface area contributed by atoms with E-state index in [1.807, 2.05) is 0 Å². The third kappa shape index (κ3) is 24.6. The fourth-order valence-corrected chi connectivity index (χ4v) is 0.766. The fraction of sp³-hybridized carbons (Fsp3) is 0.600. The molecule has 0 aliphatic heterocycles. The second kappa shape index (κ2) is 14.0. The van der Waals surface area contributed by atoms with Gasteiger partial charge in [-0.15, -0.1) is 18.9 Å². The lowest BCUT2D eigenvalue weighted by atomic mass is 10.2. The Balaban J connectivity index is 0. The Morgan fingerprint density at radius 1 is 1.62 bits per heavy atom. The summed E-state index contributed by atoms with van der Waals surface area (Å²) >= 11 is -1.93. The van der Waals surface area contributed by atoms with Crippen molar-refractivity contribution in [2.24, 2.45) is 0 Å². The van der Waals surface area contributed by atoms with Crippen LogP contribution in [0.1, 0.15) is 32.6 Å². The highest BCUT2D eigenvalue weighted by molar-refractivity contribution is 7.79. The van der Waals surface area contributed by atoms with E-state index >= 15 is 0 Å². The molecular weight excluding hydrogens is 184 g/mol. The van der Waals surface area contributed by atoms with E-state index in [4.69, 9.17) is 6.42 Å².